The van der Waals surface area contributed by atoms with Crippen molar-refractivity contribution in [2.75, 3.05) is 7.11 Å². The second-order valence-electron chi connectivity index (χ2n) is 7.64. The number of nitrogens with one attached hydrogen (secondary N) is 1. The number of hydrogen-bond acceptors (Lipinski definition) is 3. The molecule has 1 aliphatic heterocycles. The van der Waals surface area contributed by atoms with Crippen LogP contribution in [-0.4, -0.2) is 13.2 Å². The molecule has 1 N–H and O–H groups in total. The van der Waals surface area contributed by atoms with Gasteiger partial charge in [0.05, 0.1) is 7.11 Å². The monoisotopic (exact) mass is 421 g/mol. The lowest BCUT2D eigenvalue weighted by Crippen LogP contribution is -2.32. The van der Waals surface area contributed by atoms with Gasteiger partial charge in [-0.15, -0.1) is 12.4 Å². The molecule has 0 aliphatic carbocycles. The molecule has 0 saturated carbocycles. The molecule has 0 bridgehead atoms. The summed E-state index contributed by atoms with van der Waals surface area (Å²) in [5.74, 6) is 1.54. The molecular weight excluding hydrogens is 389 g/mol. The van der Waals surface area contributed by atoms with E-state index in [2.05, 4.69) is 18.3 Å². The average Bonchev–Trinajstić information content (AvgIpc) is 2.72. The lowest BCUT2D eigenvalue weighted by Gasteiger charge is -2.33. The van der Waals surface area contributed by atoms with Gasteiger partial charge in [-0.1, -0.05) is 50.8 Å². The SMILES string of the molecule is CCCCCCCC1CC(NCc2ccc(F)cc2)c2ccc(OC)cc2O1.Cl. The molecule has 1 heterocycles. The van der Waals surface area contributed by atoms with E-state index in [-0.39, 0.29) is 30.4 Å². The molecule has 5 heteroatoms. The fraction of sp³-hybridized carbons (Fsp3) is 0.500. The van der Waals surface area contributed by atoms with Gasteiger partial charge in [-0.05, 0) is 36.6 Å². The summed E-state index contributed by atoms with van der Waals surface area (Å²) in [7, 11) is 1.68. The van der Waals surface area contributed by atoms with Crippen LogP contribution in [0.25, 0.3) is 0 Å². The van der Waals surface area contributed by atoms with E-state index in [1.54, 1.807) is 7.11 Å². The van der Waals surface area contributed by atoms with Crippen molar-refractivity contribution in [2.24, 2.45) is 0 Å². The van der Waals surface area contributed by atoms with Gasteiger partial charge in [0.15, 0.2) is 0 Å². The first-order chi connectivity index (χ1) is 13.7. The van der Waals surface area contributed by atoms with Crippen molar-refractivity contribution in [1.82, 2.24) is 5.32 Å². The predicted octanol–water partition coefficient (Wildman–Crippen LogP) is 6.60. The van der Waals surface area contributed by atoms with Crippen LogP contribution in [0.3, 0.4) is 0 Å². The van der Waals surface area contributed by atoms with Crippen LogP contribution in [0.4, 0.5) is 4.39 Å². The molecule has 0 saturated heterocycles. The molecule has 1 aliphatic rings. The van der Waals surface area contributed by atoms with Crippen LogP contribution >= 0.6 is 12.4 Å². The van der Waals surface area contributed by atoms with Gasteiger partial charge in [0.1, 0.15) is 23.4 Å². The lowest BCUT2D eigenvalue weighted by atomic mass is 9.93. The van der Waals surface area contributed by atoms with Crippen LogP contribution in [0.15, 0.2) is 42.5 Å². The van der Waals surface area contributed by atoms with E-state index in [0.717, 1.165) is 29.9 Å². The quantitative estimate of drug-likeness (QED) is 0.438. The predicted molar refractivity (Wildman–Crippen MR) is 119 cm³/mol. The Bertz CT molecular complexity index is 738. The first kappa shape index (κ1) is 23.5. The summed E-state index contributed by atoms with van der Waals surface area (Å²) in [6.07, 6.45) is 8.60. The van der Waals surface area contributed by atoms with Gasteiger partial charge in [0, 0.05) is 30.6 Å². The molecule has 2 aromatic rings. The first-order valence-electron chi connectivity index (χ1n) is 10.5. The van der Waals surface area contributed by atoms with Crippen LogP contribution in [0, 0.1) is 5.82 Å². The standard InChI is InChI=1S/C24H32FNO2.ClH/c1-3-4-5-6-7-8-21-15-23(26-17-18-9-11-19(25)12-10-18)22-14-13-20(27-2)16-24(22)28-21;/h9-14,16,21,23,26H,3-8,15,17H2,1-2H3;1H. The van der Waals surface area contributed by atoms with Crippen molar-refractivity contribution in [3.63, 3.8) is 0 Å². The summed E-state index contributed by atoms with van der Waals surface area (Å²) < 4.78 is 24.8. The third kappa shape index (κ3) is 6.90. The Balaban J connectivity index is 0.00000300. The Morgan fingerprint density at radius 2 is 1.83 bits per heavy atom. The summed E-state index contributed by atoms with van der Waals surface area (Å²) in [6.45, 7) is 2.95. The van der Waals surface area contributed by atoms with Crippen molar-refractivity contribution in [2.45, 2.75) is 70.6 Å². The highest BCUT2D eigenvalue weighted by Crippen LogP contribution is 2.38. The van der Waals surface area contributed by atoms with Gasteiger partial charge in [-0.25, -0.2) is 4.39 Å². The van der Waals surface area contributed by atoms with Crippen molar-refractivity contribution in [3.8, 4) is 11.5 Å². The van der Waals surface area contributed by atoms with Crippen molar-refractivity contribution in [1.29, 1.82) is 0 Å². The number of rotatable bonds is 10. The molecule has 0 fully saturated rings. The third-order valence-corrected chi connectivity index (χ3v) is 5.48. The van der Waals surface area contributed by atoms with E-state index in [1.165, 1.54) is 49.8 Å². The van der Waals surface area contributed by atoms with E-state index in [0.29, 0.717) is 6.54 Å². The maximum Gasteiger partial charge on any atom is 0.128 e. The molecule has 2 unspecified atom stereocenters. The van der Waals surface area contributed by atoms with E-state index >= 15 is 0 Å². The van der Waals surface area contributed by atoms with Crippen LogP contribution in [0.1, 0.15) is 69.0 Å². The second kappa shape index (κ2) is 12.0. The molecular formula is C24H33ClFNO2. The molecule has 2 aromatic carbocycles. The lowest BCUT2D eigenvalue weighted by molar-refractivity contribution is 0.137. The number of benzene rings is 2. The summed E-state index contributed by atoms with van der Waals surface area (Å²) in [6, 6.07) is 13.0. The van der Waals surface area contributed by atoms with Crippen molar-refractivity contribution < 1.29 is 13.9 Å². The topological polar surface area (TPSA) is 30.5 Å². The van der Waals surface area contributed by atoms with E-state index < -0.39 is 0 Å². The van der Waals surface area contributed by atoms with Gasteiger partial charge in [-0.2, -0.15) is 0 Å². The van der Waals surface area contributed by atoms with Crippen molar-refractivity contribution in [3.05, 3.63) is 59.4 Å². The van der Waals surface area contributed by atoms with Crippen LogP contribution in [0.5, 0.6) is 11.5 Å². The maximum absolute atomic E-state index is 13.1. The molecule has 0 spiro atoms. The minimum atomic E-state index is -0.199. The molecule has 2 atom stereocenters. The van der Waals surface area contributed by atoms with Gasteiger partial charge in [-0.3, -0.25) is 0 Å². The number of methoxy groups -OCH3 is 1. The fourth-order valence-corrected chi connectivity index (χ4v) is 3.84. The maximum atomic E-state index is 13.1. The fourth-order valence-electron chi connectivity index (χ4n) is 3.84. The van der Waals surface area contributed by atoms with Crippen molar-refractivity contribution >= 4 is 12.4 Å². The van der Waals surface area contributed by atoms with E-state index in [4.69, 9.17) is 9.47 Å². The zero-order valence-corrected chi connectivity index (χ0v) is 18.3. The Morgan fingerprint density at radius 1 is 1.07 bits per heavy atom. The minimum Gasteiger partial charge on any atom is -0.497 e. The van der Waals surface area contributed by atoms with Gasteiger partial charge >= 0.3 is 0 Å². The summed E-state index contributed by atoms with van der Waals surface area (Å²) in [5, 5.41) is 3.65. The molecule has 3 rings (SSSR count). The third-order valence-electron chi connectivity index (χ3n) is 5.48. The Hall–Kier alpha value is -1.78. The molecule has 0 radical (unpaired) electrons. The van der Waals surface area contributed by atoms with Crippen LogP contribution < -0.4 is 14.8 Å². The Morgan fingerprint density at radius 3 is 2.55 bits per heavy atom. The largest absolute Gasteiger partial charge is 0.497 e. The van der Waals surface area contributed by atoms with E-state index in [9.17, 15) is 4.39 Å². The highest BCUT2D eigenvalue weighted by molar-refractivity contribution is 5.85. The second-order valence-corrected chi connectivity index (χ2v) is 7.64. The zero-order chi connectivity index (χ0) is 19.8. The molecule has 3 nitrogen and oxygen atoms in total. The minimum absolute atomic E-state index is 0. The highest BCUT2D eigenvalue weighted by atomic mass is 35.5. The number of unbranched alkanes of at least 4 members (excludes halogenated alkanes) is 4. The summed E-state index contributed by atoms with van der Waals surface area (Å²) in [4.78, 5) is 0. The smallest absolute Gasteiger partial charge is 0.128 e. The molecule has 160 valence electrons. The summed E-state index contributed by atoms with van der Waals surface area (Å²) in [5.41, 5.74) is 2.25. The van der Waals surface area contributed by atoms with Crippen LogP contribution in [0.2, 0.25) is 0 Å². The average molecular weight is 422 g/mol. The number of ether oxygens (including phenoxy) is 2. The molecule has 29 heavy (non-hydrogen) atoms. The normalized spacial score (nSPS) is 17.8. The Kier molecular flexibility index (Phi) is 9.75. The van der Waals surface area contributed by atoms with Gasteiger partial charge < -0.3 is 14.8 Å². The summed E-state index contributed by atoms with van der Waals surface area (Å²) >= 11 is 0. The van der Waals surface area contributed by atoms with E-state index in [1.807, 2.05) is 24.3 Å². The Labute approximate surface area is 180 Å². The highest BCUT2D eigenvalue weighted by Gasteiger charge is 2.28. The number of fused-ring (bicyclic) bond motifs is 1. The first-order valence-corrected chi connectivity index (χ1v) is 10.5. The number of halogens is 2. The molecule has 0 amide bonds. The molecule has 0 aromatic heterocycles. The van der Waals surface area contributed by atoms with Crippen LogP contribution in [-0.2, 0) is 6.54 Å². The number of hydrogen-bond donors (Lipinski definition) is 1. The van der Waals surface area contributed by atoms with Gasteiger partial charge in [0.25, 0.3) is 0 Å². The zero-order valence-electron chi connectivity index (χ0n) is 17.5. The van der Waals surface area contributed by atoms with Gasteiger partial charge in [0.2, 0.25) is 0 Å².